The zero-order valence-electron chi connectivity index (χ0n) is 64.6. The smallest absolute Gasteiger partial charge is 0.462 e. The van der Waals surface area contributed by atoms with Crippen molar-refractivity contribution in [3.8, 4) is 0 Å². The zero-order chi connectivity index (χ0) is 76.0. The minimum absolute atomic E-state index is 0.0576. The molecule has 0 amide bonds. The van der Waals surface area contributed by atoms with Gasteiger partial charge in [0.1, 0.15) is 19.3 Å². The summed E-state index contributed by atoms with van der Waals surface area (Å²) in [6, 6.07) is 0. The molecule has 0 rings (SSSR count). The number of phosphoric ester groups is 2. The highest BCUT2D eigenvalue weighted by molar-refractivity contribution is 7.47. The first-order chi connectivity index (χ1) is 50.7. The predicted molar refractivity (Wildman–Crippen MR) is 427 cm³/mol. The fourth-order valence-electron chi connectivity index (χ4n) is 9.94. The molecule has 0 aromatic rings. The van der Waals surface area contributed by atoms with E-state index in [2.05, 4.69) is 174 Å². The Bertz CT molecular complexity index is 2590. The second-order valence-electron chi connectivity index (χ2n) is 25.9. The lowest BCUT2D eigenvalue weighted by Gasteiger charge is -2.21. The highest BCUT2D eigenvalue weighted by Crippen LogP contribution is 2.45. The van der Waals surface area contributed by atoms with Gasteiger partial charge in [0.25, 0.3) is 0 Å². The predicted octanol–water partition coefficient (Wildman–Crippen LogP) is 23.2. The van der Waals surface area contributed by atoms with E-state index in [4.69, 9.17) is 37.0 Å². The van der Waals surface area contributed by atoms with Crippen molar-refractivity contribution < 1.29 is 80.2 Å². The molecule has 17 nitrogen and oxygen atoms in total. The summed E-state index contributed by atoms with van der Waals surface area (Å²) in [5.74, 6) is -2.30. The number of esters is 4. The summed E-state index contributed by atoms with van der Waals surface area (Å²) in [5, 5.41) is 10.6. The number of hydrogen-bond acceptors (Lipinski definition) is 15. The largest absolute Gasteiger partial charge is 0.472 e. The van der Waals surface area contributed by atoms with Gasteiger partial charge in [-0.15, -0.1) is 0 Å². The van der Waals surface area contributed by atoms with Crippen LogP contribution >= 0.6 is 15.6 Å². The number of carbonyl (C=O) groups excluding carboxylic acids is 4. The van der Waals surface area contributed by atoms with E-state index >= 15 is 0 Å². The van der Waals surface area contributed by atoms with Crippen molar-refractivity contribution >= 4 is 39.5 Å². The van der Waals surface area contributed by atoms with Crippen molar-refractivity contribution in [3.63, 3.8) is 0 Å². The molecule has 5 unspecified atom stereocenters. The topological polar surface area (TPSA) is 237 Å². The van der Waals surface area contributed by atoms with E-state index < -0.39 is 97.5 Å². The molecule has 0 radical (unpaired) electrons. The summed E-state index contributed by atoms with van der Waals surface area (Å²) in [6.07, 6.45) is 88.1. The van der Waals surface area contributed by atoms with Crippen molar-refractivity contribution in [2.75, 3.05) is 39.6 Å². The van der Waals surface area contributed by atoms with E-state index in [0.29, 0.717) is 32.1 Å². The van der Waals surface area contributed by atoms with Crippen molar-refractivity contribution in [2.45, 2.75) is 316 Å². The maximum absolute atomic E-state index is 13.1. The number of rotatable bonds is 73. The van der Waals surface area contributed by atoms with Gasteiger partial charge in [0.15, 0.2) is 12.2 Å². The molecule has 0 aromatic carbocycles. The van der Waals surface area contributed by atoms with Gasteiger partial charge in [-0.2, -0.15) is 0 Å². The van der Waals surface area contributed by atoms with Gasteiger partial charge in [0.2, 0.25) is 0 Å². The average Bonchev–Trinajstić information content (AvgIpc) is 0.906. The monoisotopic (exact) mass is 1490 g/mol. The summed E-state index contributed by atoms with van der Waals surface area (Å²) in [6.45, 7) is 4.45. The molecule has 0 bridgehead atoms. The molecular formula is C85H140O17P2. The van der Waals surface area contributed by atoms with Crippen molar-refractivity contribution in [1.82, 2.24) is 0 Å². The van der Waals surface area contributed by atoms with Crippen LogP contribution in [0.3, 0.4) is 0 Å². The van der Waals surface area contributed by atoms with E-state index in [9.17, 15) is 43.2 Å². The highest BCUT2D eigenvalue weighted by Gasteiger charge is 2.30. The van der Waals surface area contributed by atoms with Gasteiger partial charge in [-0.25, -0.2) is 9.13 Å². The van der Waals surface area contributed by atoms with E-state index in [1.165, 1.54) is 32.1 Å². The number of hydrogen-bond donors (Lipinski definition) is 3. The molecular weight excluding hydrogens is 1350 g/mol. The van der Waals surface area contributed by atoms with Gasteiger partial charge in [-0.1, -0.05) is 269 Å². The van der Waals surface area contributed by atoms with Gasteiger partial charge < -0.3 is 33.8 Å². The Balaban J connectivity index is 5.43. The first-order valence-electron chi connectivity index (χ1n) is 39.7. The molecule has 0 aliphatic heterocycles. The number of allylic oxidation sites excluding steroid dienone is 26. The highest BCUT2D eigenvalue weighted by atomic mass is 31.2. The van der Waals surface area contributed by atoms with Crippen LogP contribution in [0.5, 0.6) is 0 Å². The molecule has 0 saturated heterocycles. The number of carbonyl (C=O) groups is 4. The van der Waals surface area contributed by atoms with E-state index in [0.717, 1.165) is 180 Å². The molecule has 5 atom stereocenters. The van der Waals surface area contributed by atoms with Gasteiger partial charge in [0.05, 0.1) is 26.4 Å². The second-order valence-corrected chi connectivity index (χ2v) is 28.8. The van der Waals surface area contributed by atoms with E-state index in [1.807, 2.05) is 12.2 Å². The Hall–Kier alpha value is -5.32. The molecule has 0 saturated carbocycles. The zero-order valence-corrected chi connectivity index (χ0v) is 66.4. The third-order valence-corrected chi connectivity index (χ3v) is 17.9. The van der Waals surface area contributed by atoms with E-state index in [1.54, 1.807) is 0 Å². The normalized spacial score (nSPS) is 14.7. The van der Waals surface area contributed by atoms with Crippen LogP contribution in [-0.2, 0) is 65.4 Å². The lowest BCUT2D eigenvalue weighted by atomic mass is 10.1. The SMILES string of the molecule is CC/C=C\C/C=C\C/C=C\C/C=C\C/C=C\CCCC(=O)OCC(COP(=O)(O)OCC(O)COP(=O)(O)OCC(COC(=O)CCCCCCCC/C=C\C/C=C\C/C=C\CCCCC)OC(=O)CCCCCC/C=C\C/C=C\C/C=C\C/C=C\CC)OC(=O)CCCCCCC/C=C\CCCC. The molecule has 0 fully saturated rings. The maximum Gasteiger partial charge on any atom is 0.472 e. The fraction of sp³-hybridized carbons (Fsp3) is 0.647. The minimum Gasteiger partial charge on any atom is -0.462 e. The van der Waals surface area contributed by atoms with Crippen molar-refractivity contribution in [2.24, 2.45) is 0 Å². The van der Waals surface area contributed by atoms with Crippen LogP contribution in [0.1, 0.15) is 297 Å². The number of phosphoric acid groups is 2. The van der Waals surface area contributed by atoms with E-state index in [-0.39, 0.29) is 25.7 Å². The second kappa shape index (κ2) is 75.9. The minimum atomic E-state index is -5.00. The summed E-state index contributed by atoms with van der Waals surface area (Å²) >= 11 is 0. The molecule has 0 aromatic heterocycles. The number of aliphatic hydroxyl groups is 1. The van der Waals surface area contributed by atoms with Crippen LogP contribution < -0.4 is 0 Å². The lowest BCUT2D eigenvalue weighted by molar-refractivity contribution is -0.161. The molecule has 0 aliphatic carbocycles. The average molecular weight is 1500 g/mol. The first kappa shape index (κ1) is 98.7. The van der Waals surface area contributed by atoms with Crippen LogP contribution in [0.2, 0.25) is 0 Å². The van der Waals surface area contributed by atoms with Crippen LogP contribution in [0.4, 0.5) is 0 Å². The van der Waals surface area contributed by atoms with Crippen LogP contribution in [0.25, 0.3) is 0 Å². The summed E-state index contributed by atoms with van der Waals surface area (Å²) in [7, 11) is -9.99. The standard InChI is InChI=1S/C85H140O17P2/c1-5-9-13-17-21-25-29-32-35-38-39-42-44-47-51-54-58-62-66-70-83(88)96-76-81(102-85(90)72-68-64-60-56-52-48-45-41-37-34-31-27-23-19-15-11-7-3)78-100-104(93,94)98-74-79(86)73-97-103(91,92)99-77-80(101-84(89)71-67-63-59-55-49-28-24-20-16-12-8-4)75-95-82(87)69-65-61-57-53-50-46-43-40-36-33-30-26-22-18-14-10-6-2/h10-11,14-15,20-27,32-37,39,42-43,45-46,48,53,57,79-81,86H,5-9,12-13,16-19,28-31,38,40-41,44,47,49-52,54-56,58-78H2,1-4H3,(H,91,92)(H,93,94)/b14-10-,15-11-,24-20-,25-21-,26-22-,27-23-,35-32-,36-33-,37-34-,42-39-,46-43-,48-45-,57-53-. The Labute approximate surface area is 629 Å². The van der Waals surface area contributed by atoms with Crippen LogP contribution in [0.15, 0.2) is 158 Å². The fourth-order valence-corrected chi connectivity index (χ4v) is 11.5. The molecule has 592 valence electrons. The molecule has 0 spiro atoms. The van der Waals surface area contributed by atoms with Gasteiger partial charge in [-0.3, -0.25) is 37.3 Å². The third-order valence-electron chi connectivity index (χ3n) is 16.0. The van der Waals surface area contributed by atoms with Crippen LogP contribution in [-0.4, -0.2) is 96.7 Å². The first-order valence-corrected chi connectivity index (χ1v) is 42.7. The Morgan fingerprint density at radius 3 is 0.846 bits per heavy atom. The number of ether oxygens (including phenoxy) is 4. The molecule has 3 N–H and O–H groups in total. The Morgan fingerprint density at radius 2 is 0.519 bits per heavy atom. The third kappa shape index (κ3) is 74.9. The number of unbranched alkanes of at least 4 members (excludes halogenated alkanes) is 21. The van der Waals surface area contributed by atoms with Crippen LogP contribution in [0, 0.1) is 0 Å². The van der Waals surface area contributed by atoms with Gasteiger partial charge >= 0.3 is 39.5 Å². The quantitative estimate of drug-likeness (QED) is 0.0169. The molecule has 0 heterocycles. The molecule has 0 aliphatic rings. The maximum atomic E-state index is 13.1. The summed E-state index contributed by atoms with van der Waals surface area (Å²) in [4.78, 5) is 73.0. The summed E-state index contributed by atoms with van der Waals surface area (Å²) in [5.41, 5.74) is 0. The van der Waals surface area contributed by atoms with Crippen molar-refractivity contribution in [3.05, 3.63) is 158 Å². The Morgan fingerprint density at radius 1 is 0.279 bits per heavy atom. The van der Waals surface area contributed by atoms with Gasteiger partial charge in [-0.05, 0) is 161 Å². The lowest BCUT2D eigenvalue weighted by Crippen LogP contribution is -2.30. The molecule has 104 heavy (non-hydrogen) atoms. The Kier molecular flexibility index (Phi) is 72.0. The molecule has 19 heteroatoms. The van der Waals surface area contributed by atoms with Gasteiger partial charge in [0, 0.05) is 25.7 Å². The number of aliphatic hydroxyl groups excluding tert-OH is 1. The summed E-state index contributed by atoms with van der Waals surface area (Å²) < 4.78 is 68.5. The van der Waals surface area contributed by atoms with Crippen molar-refractivity contribution in [1.29, 1.82) is 0 Å².